The van der Waals surface area contributed by atoms with Crippen LogP contribution in [0.3, 0.4) is 0 Å². The average Bonchev–Trinajstić information content (AvgIpc) is 3.17. The number of benzene rings is 1. The molecule has 0 amide bonds. The predicted octanol–water partition coefficient (Wildman–Crippen LogP) is 2.99. The highest BCUT2D eigenvalue weighted by Crippen LogP contribution is 2.40. The van der Waals surface area contributed by atoms with Gasteiger partial charge in [0.2, 0.25) is 0 Å². The lowest BCUT2D eigenvalue weighted by Crippen LogP contribution is -2.19. The first kappa shape index (κ1) is 18.0. The van der Waals surface area contributed by atoms with Gasteiger partial charge in [-0.3, -0.25) is 9.13 Å². The van der Waals surface area contributed by atoms with E-state index in [1.54, 1.807) is 9.13 Å². The van der Waals surface area contributed by atoms with Gasteiger partial charge in [-0.25, -0.2) is 9.78 Å². The molecule has 6 nitrogen and oxygen atoms in total. The number of nitrogens with two attached hydrogens (primary N) is 1. The van der Waals surface area contributed by atoms with Gasteiger partial charge in [-0.05, 0) is 30.9 Å². The molecule has 1 saturated carbocycles. The number of rotatable bonds is 4. The summed E-state index contributed by atoms with van der Waals surface area (Å²) in [5.74, 6) is 1.24. The standard InChI is InChI=1S/C21H29N5O/c1-14-5-4-6-15(11-14)19-20(26(10-9-22)13-23-19)16-7-8-17-18(12-16)25(3)21(27)24(17)2/h7-8,12-15H,4-6,9-11,22H2,1-3H3. The van der Waals surface area contributed by atoms with E-state index in [9.17, 15) is 4.79 Å². The van der Waals surface area contributed by atoms with E-state index in [0.29, 0.717) is 12.5 Å². The van der Waals surface area contributed by atoms with Crippen molar-refractivity contribution in [2.75, 3.05) is 6.54 Å². The summed E-state index contributed by atoms with van der Waals surface area (Å²) in [6.07, 6.45) is 6.90. The molecule has 0 spiro atoms. The topological polar surface area (TPSA) is 70.8 Å². The zero-order chi connectivity index (χ0) is 19.1. The van der Waals surface area contributed by atoms with Crippen LogP contribution < -0.4 is 11.4 Å². The molecular weight excluding hydrogens is 338 g/mol. The number of nitrogens with zero attached hydrogens (tertiary/aromatic N) is 4. The van der Waals surface area contributed by atoms with Crippen molar-refractivity contribution in [3.63, 3.8) is 0 Å². The van der Waals surface area contributed by atoms with Gasteiger partial charge in [0.25, 0.3) is 0 Å². The van der Waals surface area contributed by atoms with Crippen LogP contribution in [0.4, 0.5) is 0 Å². The smallest absolute Gasteiger partial charge is 0.328 e. The summed E-state index contributed by atoms with van der Waals surface area (Å²) in [6.45, 7) is 3.67. The van der Waals surface area contributed by atoms with Gasteiger partial charge >= 0.3 is 5.69 Å². The van der Waals surface area contributed by atoms with Crippen molar-refractivity contribution in [1.29, 1.82) is 0 Å². The molecule has 144 valence electrons. The van der Waals surface area contributed by atoms with E-state index >= 15 is 0 Å². The van der Waals surface area contributed by atoms with Gasteiger partial charge in [-0.1, -0.05) is 25.8 Å². The van der Waals surface area contributed by atoms with Gasteiger partial charge in [0.05, 0.1) is 28.7 Å². The highest BCUT2D eigenvalue weighted by molar-refractivity contribution is 5.82. The fraction of sp³-hybridized carbons (Fsp3) is 0.524. The Labute approximate surface area is 159 Å². The number of aryl methyl sites for hydroxylation is 2. The van der Waals surface area contributed by atoms with E-state index < -0.39 is 0 Å². The van der Waals surface area contributed by atoms with Crippen molar-refractivity contribution in [3.8, 4) is 11.3 Å². The van der Waals surface area contributed by atoms with Crippen molar-refractivity contribution in [3.05, 3.63) is 40.7 Å². The molecule has 4 rings (SSSR count). The Morgan fingerprint density at radius 3 is 2.70 bits per heavy atom. The molecular formula is C21H29N5O. The second-order valence-corrected chi connectivity index (χ2v) is 8.03. The van der Waals surface area contributed by atoms with Crippen molar-refractivity contribution in [2.24, 2.45) is 25.7 Å². The fourth-order valence-corrected chi connectivity index (χ4v) is 4.66. The normalized spacial score (nSPS) is 20.4. The van der Waals surface area contributed by atoms with Gasteiger partial charge in [-0.15, -0.1) is 0 Å². The van der Waals surface area contributed by atoms with Crippen molar-refractivity contribution in [2.45, 2.75) is 45.1 Å². The second-order valence-electron chi connectivity index (χ2n) is 8.03. The minimum absolute atomic E-state index is 0.000977. The van der Waals surface area contributed by atoms with Crippen LogP contribution in [0.15, 0.2) is 29.3 Å². The largest absolute Gasteiger partial charge is 0.329 e. The lowest BCUT2D eigenvalue weighted by molar-refractivity contribution is 0.341. The average molecular weight is 367 g/mol. The minimum atomic E-state index is -0.000977. The van der Waals surface area contributed by atoms with Crippen LogP contribution in [0.25, 0.3) is 22.3 Å². The molecule has 1 fully saturated rings. The first-order valence-corrected chi connectivity index (χ1v) is 9.92. The van der Waals surface area contributed by atoms with Crippen molar-refractivity contribution in [1.82, 2.24) is 18.7 Å². The summed E-state index contributed by atoms with van der Waals surface area (Å²) in [4.78, 5) is 17.1. The van der Waals surface area contributed by atoms with Crippen LogP contribution >= 0.6 is 0 Å². The van der Waals surface area contributed by atoms with Gasteiger partial charge in [0.1, 0.15) is 0 Å². The van der Waals surface area contributed by atoms with E-state index in [1.165, 1.54) is 31.4 Å². The number of imidazole rings is 2. The maximum atomic E-state index is 12.3. The van der Waals surface area contributed by atoms with Gasteiger partial charge in [0.15, 0.2) is 0 Å². The van der Waals surface area contributed by atoms with Crippen LogP contribution in [-0.4, -0.2) is 25.2 Å². The molecule has 1 aliphatic carbocycles. The predicted molar refractivity (Wildman–Crippen MR) is 109 cm³/mol. The quantitative estimate of drug-likeness (QED) is 0.771. The molecule has 0 aliphatic heterocycles. The Morgan fingerprint density at radius 2 is 1.96 bits per heavy atom. The van der Waals surface area contributed by atoms with Gasteiger partial charge in [-0.2, -0.15) is 0 Å². The van der Waals surface area contributed by atoms with Crippen LogP contribution in [0.2, 0.25) is 0 Å². The number of aromatic nitrogens is 4. The lowest BCUT2D eigenvalue weighted by Gasteiger charge is -2.26. The fourth-order valence-electron chi connectivity index (χ4n) is 4.66. The van der Waals surface area contributed by atoms with E-state index in [4.69, 9.17) is 10.7 Å². The molecule has 0 bridgehead atoms. The van der Waals surface area contributed by atoms with Crippen molar-refractivity contribution < 1.29 is 0 Å². The highest BCUT2D eigenvalue weighted by Gasteiger charge is 2.26. The van der Waals surface area contributed by atoms with E-state index in [2.05, 4.69) is 23.6 Å². The first-order chi connectivity index (χ1) is 13.0. The van der Waals surface area contributed by atoms with Crippen LogP contribution in [-0.2, 0) is 20.6 Å². The van der Waals surface area contributed by atoms with Crippen molar-refractivity contribution >= 4 is 11.0 Å². The zero-order valence-electron chi connectivity index (χ0n) is 16.5. The molecule has 27 heavy (non-hydrogen) atoms. The summed E-state index contributed by atoms with van der Waals surface area (Å²) in [7, 11) is 3.65. The molecule has 2 N–H and O–H groups in total. The van der Waals surface area contributed by atoms with Crippen LogP contribution in [0.1, 0.15) is 44.2 Å². The van der Waals surface area contributed by atoms with Gasteiger partial charge in [0, 0.05) is 38.7 Å². The van der Waals surface area contributed by atoms with E-state index in [1.807, 2.05) is 26.5 Å². The van der Waals surface area contributed by atoms with Gasteiger partial charge < -0.3 is 10.3 Å². The Morgan fingerprint density at radius 1 is 1.19 bits per heavy atom. The number of fused-ring (bicyclic) bond motifs is 1. The molecule has 2 heterocycles. The molecule has 1 aliphatic rings. The Bertz CT molecular complexity index is 1030. The molecule has 2 unspecified atom stereocenters. The summed E-state index contributed by atoms with van der Waals surface area (Å²) in [6, 6.07) is 6.28. The third-order valence-corrected chi connectivity index (χ3v) is 6.10. The zero-order valence-corrected chi connectivity index (χ0v) is 16.5. The Hall–Kier alpha value is -2.34. The Kier molecular flexibility index (Phi) is 4.68. The maximum absolute atomic E-state index is 12.3. The summed E-state index contributed by atoms with van der Waals surface area (Å²) >= 11 is 0. The molecule has 3 aromatic rings. The Balaban J connectivity index is 1.87. The number of hydrogen-bond donors (Lipinski definition) is 1. The maximum Gasteiger partial charge on any atom is 0.328 e. The summed E-state index contributed by atoms with van der Waals surface area (Å²) < 4.78 is 5.58. The molecule has 6 heteroatoms. The molecule has 2 atom stereocenters. The summed E-state index contributed by atoms with van der Waals surface area (Å²) in [5, 5.41) is 0. The lowest BCUT2D eigenvalue weighted by atomic mass is 9.80. The highest BCUT2D eigenvalue weighted by atomic mass is 16.1. The van der Waals surface area contributed by atoms with Crippen LogP contribution in [0, 0.1) is 5.92 Å². The summed E-state index contributed by atoms with van der Waals surface area (Å²) in [5.41, 5.74) is 11.2. The third-order valence-electron chi connectivity index (χ3n) is 6.10. The molecule has 0 saturated heterocycles. The first-order valence-electron chi connectivity index (χ1n) is 9.92. The number of hydrogen-bond acceptors (Lipinski definition) is 3. The molecule has 0 radical (unpaired) electrons. The monoisotopic (exact) mass is 367 g/mol. The molecule has 2 aromatic heterocycles. The molecule has 1 aromatic carbocycles. The minimum Gasteiger partial charge on any atom is -0.329 e. The van der Waals surface area contributed by atoms with Crippen LogP contribution in [0.5, 0.6) is 0 Å². The van der Waals surface area contributed by atoms with E-state index in [0.717, 1.165) is 34.8 Å². The second kappa shape index (κ2) is 7.00. The third kappa shape index (κ3) is 3.02. The van der Waals surface area contributed by atoms with E-state index in [-0.39, 0.29) is 5.69 Å². The SMILES string of the molecule is CC1CCCC(c2ncn(CCN)c2-c2ccc3c(c2)n(C)c(=O)n3C)C1.